The fourth-order valence-electron chi connectivity index (χ4n) is 3.61. The summed E-state index contributed by atoms with van der Waals surface area (Å²) in [7, 11) is 0. The van der Waals surface area contributed by atoms with Gasteiger partial charge in [-0.25, -0.2) is 4.79 Å². The summed E-state index contributed by atoms with van der Waals surface area (Å²) in [6, 6.07) is 7.45. The molecule has 3 nitrogen and oxygen atoms in total. The Morgan fingerprint density at radius 1 is 1.00 bits per heavy atom. The maximum Gasteiger partial charge on any atom is 0.335 e. The van der Waals surface area contributed by atoms with Gasteiger partial charge in [0.1, 0.15) is 0 Å². The summed E-state index contributed by atoms with van der Waals surface area (Å²) in [6.45, 7) is 0. The van der Waals surface area contributed by atoms with Crippen molar-refractivity contribution >= 4 is 5.97 Å². The standard InChI is InChI=1S/C15H19NO2/c16-15-8-5-14(6-9-15,7-10-15)12-3-1-11(2-4-12)13(17)18/h1-4H,5-10,16H2,(H,17,18). The third-order valence-corrected chi connectivity index (χ3v) is 5.05. The normalized spacial score (nSPS) is 34.5. The van der Waals surface area contributed by atoms with Crippen molar-refractivity contribution in [2.24, 2.45) is 5.73 Å². The van der Waals surface area contributed by atoms with Gasteiger partial charge in [-0.1, -0.05) is 12.1 Å². The van der Waals surface area contributed by atoms with Crippen LogP contribution in [0.4, 0.5) is 0 Å². The summed E-state index contributed by atoms with van der Waals surface area (Å²) < 4.78 is 0. The minimum atomic E-state index is -0.854. The van der Waals surface area contributed by atoms with Gasteiger partial charge in [-0.2, -0.15) is 0 Å². The molecule has 3 heteroatoms. The van der Waals surface area contributed by atoms with Crippen molar-refractivity contribution in [3.8, 4) is 0 Å². The van der Waals surface area contributed by atoms with Gasteiger partial charge in [-0.05, 0) is 61.6 Å². The first-order valence-electron chi connectivity index (χ1n) is 6.66. The van der Waals surface area contributed by atoms with Crippen LogP contribution in [0.15, 0.2) is 24.3 Å². The number of carbonyl (C=O) groups is 1. The number of carboxylic acids is 1. The maximum atomic E-state index is 10.9. The topological polar surface area (TPSA) is 63.3 Å². The average Bonchev–Trinajstić information content (AvgIpc) is 2.40. The maximum absolute atomic E-state index is 10.9. The van der Waals surface area contributed by atoms with Gasteiger partial charge in [0.05, 0.1) is 5.56 Å². The molecule has 0 aliphatic heterocycles. The van der Waals surface area contributed by atoms with Crippen molar-refractivity contribution in [3.05, 3.63) is 35.4 Å². The zero-order valence-electron chi connectivity index (χ0n) is 10.5. The smallest absolute Gasteiger partial charge is 0.335 e. The fraction of sp³-hybridized carbons (Fsp3) is 0.533. The van der Waals surface area contributed by atoms with E-state index in [1.54, 1.807) is 12.1 Å². The first-order valence-corrected chi connectivity index (χ1v) is 6.66. The molecule has 3 saturated carbocycles. The number of nitrogens with two attached hydrogens (primary N) is 1. The Morgan fingerprint density at radius 2 is 1.50 bits per heavy atom. The molecule has 0 radical (unpaired) electrons. The molecule has 3 N–H and O–H groups in total. The molecule has 2 bridgehead atoms. The fourth-order valence-corrected chi connectivity index (χ4v) is 3.61. The van der Waals surface area contributed by atoms with Gasteiger partial charge >= 0.3 is 5.97 Å². The van der Waals surface area contributed by atoms with Gasteiger partial charge in [-0.3, -0.25) is 0 Å². The summed E-state index contributed by atoms with van der Waals surface area (Å²) in [5.74, 6) is -0.854. The van der Waals surface area contributed by atoms with Crippen molar-refractivity contribution < 1.29 is 9.90 Å². The SMILES string of the molecule is NC12CCC(c3ccc(C(=O)O)cc3)(CC1)CC2. The van der Waals surface area contributed by atoms with Crippen molar-refractivity contribution in [1.29, 1.82) is 0 Å². The van der Waals surface area contributed by atoms with Crippen molar-refractivity contribution in [1.82, 2.24) is 0 Å². The van der Waals surface area contributed by atoms with E-state index in [0.29, 0.717) is 5.56 Å². The molecule has 4 rings (SSSR count). The number of aromatic carboxylic acids is 1. The lowest BCUT2D eigenvalue weighted by molar-refractivity contribution is 0.0696. The summed E-state index contributed by atoms with van der Waals surface area (Å²) in [5, 5.41) is 8.93. The Balaban J connectivity index is 1.88. The lowest BCUT2D eigenvalue weighted by Gasteiger charge is -2.52. The molecule has 3 aliphatic carbocycles. The van der Waals surface area contributed by atoms with Crippen LogP contribution < -0.4 is 5.73 Å². The monoisotopic (exact) mass is 245 g/mol. The Labute approximate surface area is 107 Å². The zero-order valence-corrected chi connectivity index (χ0v) is 10.5. The second-order valence-corrected chi connectivity index (χ2v) is 6.03. The largest absolute Gasteiger partial charge is 0.478 e. The van der Waals surface area contributed by atoms with E-state index in [1.165, 1.54) is 5.56 Å². The molecule has 0 atom stereocenters. The number of fused-ring (bicyclic) bond motifs is 3. The number of rotatable bonds is 2. The molecule has 0 unspecified atom stereocenters. The average molecular weight is 245 g/mol. The van der Waals surface area contributed by atoms with Crippen LogP contribution in [0.3, 0.4) is 0 Å². The van der Waals surface area contributed by atoms with E-state index in [1.807, 2.05) is 12.1 Å². The van der Waals surface area contributed by atoms with Crippen LogP contribution in [-0.4, -0.2) is 16.6 Å². The Hall–Kier alpha value is -1.35. The minimum absolute atomic E-state index is 0.0861. The van der Waals surface area contributed by atoms with E-state index in [0.717, 1.165) is 38.5 Å². The van der Waals surface area contributed by atoms with Crippen LogP contribution in [0.2, 0.25) is 0 Å². The van der Waals surface area contributed by atoms with Gasteiger partial charge in [0.2, 0.25) is 0 Å². The Kier molecular flexibility index (Phi) is 2.49. The van der Waals surface area contributed by atoms with E-state index >= 15 is 0 Å². The van der Waals surface area contributed by atoms with E-state index in [2.05, 4.69) is 0 Å². The highest BCUT2D eigenvalue weighted by molar-refractivity contribution is 5.87. The summed E-state index contributed by atoms with van der Waals surface area (Å²) in [6.07, 6.45) is 6.76. The van der Waals surface area contributed by atoms with Crippen LogP contribution in [-0.2, 0) is 5.41 Å². The molecular formula is C15H19NO2. The first-order chi connectivity index (χ1) is 8.53. The molecule has 0 amide bonds. The summed E-state index contributed by atoms with van der Waals surface area (Å²) >= 11 is 0. The van der Waals surface area contributed by atoms with Gasteiger partial charge in [-0.15, -0.1) is 0 Å². The van der Waals surface area contributed by atoms with E-state index in [-0.39, 0.29) is 11.0 Å². The number of benzene rings is 1. The molecule has 96 valence electrons. The van der Waals surface area contributed by atoms with E-state index < -0.39 is 5.97 Å². The molecule has 1 aromatic rings. The highest BCUT2D eigenvalue weighted by atomic mass is 16.4. The molecule has 3 aliphatic rings. The zero-order chi connectivity index (χ0) is 12.8. The minimum Gasteiger partial charge on any atom is -0.478 e. The second kappa shape index (κ2) is 3.82. The molecular weight excluding hydrogens is 226 g/mol. The highest BCUT2D eigenvalue weighted by Crippen LogP contribution is 2.52. The molecule has 0 heterocycles. The molecule has 0 aromatic heterocycles. The quantitative estimate of drug-likeness (QED) is 0.842. The van der Waals surface area contributed by atoms with Crippen LogP contribution in [0, 0.1) is 0 Å². The molecule has 3 fully saturated rings. The van der Waals surface area contributed by atoms with Crippen LogP contribution in [0.25, 0.3) is 0 Å². The highest BCUT2D eigenvalue weighted by Gasteiger charge is 2.47. The van der Waals surface area contributed by atoms with Gasteiger partial charge in [0, 0.05) is 5.54 Å². The van der Waals surface area contributed by atoms with Crippen molar-refractivity contribution in [2.45, 2.75) is 49.5 Å². The molecule has 1 aromatic carbocycles. The van der Waals surface area contributed by atoms with Crippen LogP contribution in [0.5, 0.6) is 0 Å². The first kappa shape index (κ1) is 11.7. The predicted octanol–water partition coefficient (Wildman–Crippen LogP) is 2.69. The Bertz CT molecular complexity index is 453. The van der Waals surface area contributed by atoms with Gasteiger partial charge < -0.3 is 10.8 Å². The second-order valence-electron chi connectivity index (χ2n) is 6.03. The molecule has 18 heavy (non-hydrogen) atoms. The number of carboxylic acid groups (broad SMARTS) is 1. The van der Waals surface area contributed by atoms with Crippen molar-refractivity contribution in [3.63, 3.8) is 0 Å². The molecule has 0 spiro atoms. The van der Waals surface area contributed by atoms with Gasteiger partial charge in [0.25, 0.3) is 0 Å². The van der Waals surface area contributed by atoms with Crippen LogP contribution in [0.1, 0.15) is 54.4 Å². The number of hydrogen-bond donors (Lipinski definition) is 2. The molecule has 0 saturated heterocycles. The Morgan fingerprint density at radius 3 is 1.94 bits per heavy atom. The van der Waals surface area contributed by atoms with Crippen LogP contribution >= 0.6 is 0 Å². The summed E-state index contributed by atoms with van der Waals surface area (Å²) in [4.78, 5) is 10.9. The van der Waals surface area contributed by atoms with Crippen molar-refractivity contribution in [2.75, 3.05) is 0 Å². The lowest BCUT2D eigenvalue weighted by Crippen LogP contribution is -2.53. The van der Waals surface area contributed by atoms with Gasteiger partial charge in [0.15, 0.2) is 0 Å². The van der Waals surface area contributed by atoms with E-state index in [9.17, 15) is 4.79 Å². The lowest BCUT2D eigenvalue weighted by atomic mass is 9.55. The third-order valence-electron chi connectivity index (χ3n) is 5.05. The van der Waals surface area contributed by atoms with E-state index in [4.69, 9.17) is 10.8 Å². The summed E-state index contributed by atoms with van der Waals surface area (Å²) in [5.41, 5.74) is 8.34. The number of hydrogen-bond acceptors (Lipinski definition) is 2. The predicted molar refractivity (Wildman–Crippen MR) is 69.7 cm³/mol. The third kappa shape index (κ3) is 1.74.